The number of para-hydroxylation sites is 1. The van der Waals surface area contributed by atoms with E-state index in [2.05, 4.69) is 19.2 Å². The monoisotopic (exact) mass is 487 g/mol. The molecule has 3 heterocycles. The first kappa shape index (κ1) is 23.2. The largest absolute Gasteiger partial charge is 0.496 e. The summed E-state index contributed by atoms with van der Waals surface area (Å²) >= 11 is 1.58. The minimum absolute atomic E-state index is 0.174. The number of amides is 2. The number of rotatable bonds is 6. The van der Waals surface area contributed by atoms with Gasteiger partial charge in [-0.2, -0.15) is 0 Å². The van der Waals surface area contributed by atoms with Gasteiger partial charge in [0.1, 0.15) is 21.8 Å². The predicted octanol–water partition coefficient (Wildman–Crippen LogP) is 5.57. The normalized spacial score (nSPS) is 17.6. The van der Waals surface area contributed by atoms with Crippen molar-refractivity contribution in [1.82, 2.24) is 9.88 Å². The Hall–Kier alpha value is -3.58. The number of methoxy groups -OCH3 is 1. The van der Waals surface area contributed by atoms with Crippen molar-refractivity contribution in [2.24, 2.45) is 0 Å². The first-order valence-electron chi connectivity index (χ1n) is 11.7. The van der Waals surface area contributed by atoms with Crippen molar-refractivity contribution in [1.29, 1.82) is 0 Å². The average Bonchev–Trinajstić information content (AvgIpc) is 3.45. The summed E-state index contributed by atoms with van der Waals surface area (Å²) in [7, 11) is 1.62. The smallest absolute Gasteiger partial charge is 0.275 e. The molecule has 6 nitrogen and oxygen atoms in total. The van der Waals surface area contributed by atoms with Crippen LogP contribution in [0.1, 0.15) is 48.3 Å². The van der Waals surface area contributed by atoms with E-state index in [0.29, 0.717) is 36.1 Å². The Morgan fingerprint density at radius 2 is 1.89 bits per heavy atom. The van der Waals surface area contributed by atoms with Crippen LogP contribution in [0.3, 0.4) is 0 Å². The highest BCUT2D eigenvalue weighted by Crippen LogP contribution is 2.37. The predicted molar refractivity (Wildman–Crippen MR) is 140 cm³/mol. The minimum atomic E-state index is -1.12. The van der Waals surface area contributed by atoms with Gasteiger partial charge in [0.2, 0.25) is 5.91 Å². The van der Waals surface area contributed by atoms with Crippen molar-refractivity contribution < 1.29 is 14.3 Å². The number of thiophene rings is 1. The van der Waals surface area contributed by atoms with E-state index in [1.54, 1.807) is 23.3 Å². The number of nitrogens with one attached hydrogen (secondary N) is 1. The van der Waals surface area contributed by atoms with Crippen LogP contribution in [-0.2, 0) is 17.9 Å². The fraction of sp³-hybridized carbons (Fsp3) is 0.286. The van der Waals surface area contributed by atoms with Crippen LogP contribution in [-0.4, -0.2) is 29.0 Å². The summed E-state index contributed by atoms with van der Waals surface area (Å²) in [6.45, 7) is 6.79. The summed E-state index contributed by atoms with van der Waals surface area (Å²) in [5.41, 5.74) is 2.26. The van der Waals surface area contributed by atoms with Crippen molar-refractivity contribution in [3.05, 3.63) is 82.9 Å². The number of ether oxygens (including phenoxy) is 1. The molecule has 5 rings (SSSR count). The molecule has 0 saturated heterocycles. The van der Waals surface area contributed by atoms with Gasteiger partial charge in [-0.05, 0) is 54.1 Å². The van der Waals surface area contributed by atoms with E-state index in [1.807, 2.05) is 77.5 Å². The number of aromatic nitrogens is 1. The van der Waals surface area contributed by atoms with Gasteiger partial charge in [-0.15, -0.1) is 11.3 Å². The maximum absolute atomic E-state index is 13.9. The molecule has 0 bridgehead atoms. The lowest BCUT2D eigenvalue weighted by Gasteiger charge is -2.44. The lowest BCUT2D eigenvalue weighted by atomic mass is 9.93. The molecule has 2 aromatic carbocycles. The summed E-state index contributed by atoms with van der Waals surface area (Å²) in [6.07, 6.45) is 0. The maximum atomic E-state index is 13.9. The van der Waals surface area contributed by atoms with Crippen molar-refractivity contribution in [2.45, 2.75) is 45.3 Å². The molecule has 1 aliphatic heterocycles. The van der Waals surface area contributed by atoms with Crippen LogP contribution in [0, 0.1) is 0 Å². The quantitative estimate of drug-likeness (QED) is 0.387. The zero-order valence-electron chi connectivity index (χ0n) is 20.4. The molecule has 0 unspecified atom stereocenters. The van der Waals surface area contributed by atoms with Crippen LogP contribution < -0.4 is 15.0 Å². The van der Waals surface area contributed by atoms with E-state index >= 15 is 0 Å². The Morgan fingerprint density at radius 3 is 2.60 bits per heavy atom. The topological polar surface area (TPSA) is 63.6 Å². The van der Waals surface area contributed by atoms with E-state index in [1.165, 1.54) is 5.56 Å². The summed E-state index contributed by atoms with van der Waals surface area (Å²) in [5.74, 6) is 0.702. The van der Waals surface area contributed by atoms with E-state index in [4.69, 9.17) is 4.74 Å². The van der Waals surface area contributed by atoms with Crippen LogP contribution in [0.15, 0.2) is 66.0 Å². The fourth-order valence-corrected chi connectivity index (χ4v) is 5.72. The van der Waals surface area contributed by atoms with Gasteiger partial charge in [0.15, 0.2) is 0 Å². The van der Waals surface area contributed by atoms with E-state index < -0.39 is 5.54 Å². The van der Waals surface area contributed by atoms with Crippen LogP contribution in [0.25, 0.3) is 10.2 Å². The minimum Gasteiger partial charge on any atom is -0.496 e. The number of benzene rings is 2. The van der Waals surface area contributed by atoms with E-state index in [-0.39, 0.29) is 11.8 Å². The average molecular weight is 488 g/mol. The number of nitrogens with zero attached hydrogens (tertiary/aromatic N) is 2. The number of fused-ring (bicyclic) bond motifs is 3. The van der Waals surface area contributed by atoms with Gasteiger partial charge in [0.25, 0.3) is 5.91 Å². The first-order chi connectivity index (χ1) is 16.8. The van der Waals surface area contributed by atoms with Gasteiger partial charge in [-0.1, -0.05) is 44.2 Å². The molecule has 0 aliphatic carbocycles. The lowest BCUT2D eigenvalue weighted by Crippen LogP contribution is -2.64. The Kier molecular flexibility index (Phi) is 5.89. The number of hydrogen-bond acceptors (Lipinski definition) is 4. The molecule has 1 atom stereocenters. The zero-order chi connectivity index (χ0) is 24.7. The van der Waals surface area contributed by atoms with Crippen molar-refractivity contribution in [2.75, 3.05) is 12.0 Å². The molecule has 35 heavy (non-hydrogen) atoms. The Balaban J connectivity index is 1.55. The highest BCUT2D eigenvalue weighted by Gasteiger charge is 2.48. The van der Waals surface area contributed by atoms with Crippen molar-refractivity contribution in [3.63, 3.8) is 0 Å². The first-order valence-corrected chi connectivity index (χ1v) is 12.6. The molecule has 0 saturated carbocycles. The summed E-state index contributed by atoms with van der Waals surface area (Å²) < 4.78 is 7.43. The number of carbonyl (C=O) groups excluding carboxylic acids is 2. The number of hydrogen-bond donors (Lipinski definition) is 1. The zero-order valence-corrected chi connectivity index (χ0v) is 21.2. The van der Waals surface area contributed by atoms with Gasteiger partial charge < -0.3 is 14.6 Å². The molecular weight excluding hydrogens is 458 g/mol. The van der Waals surface area contributed by atoms with E-state index in [9.17, 15) is 9.59 Å². The summed E-state index contributed by atoms with van der Waals surface area (Å²) in [4.78, 5) is 30.4. The van der Waals surface area contributed by atoms with Gasteiger partial charge in [-0.3, -0.25) is 14.5 Å². The van der Waals surface area contributed by atoms with Crippen molar-refractivity contribution >= 4 is 39.1 Å². The Labute approximate surface area is 209 Å². The fourth-order valence-electron chi connectivity index (χ4n) is 4.83. The molecule has 0 fully saturated rings. The molecule has 0 spiro atoms. The number of anilines is 1. The Morgan fingerprint density at radius 1 is 1.14 bits per heavy atom. The summed E-state index contributed by atoms with van der Waals surface area (Å²) in [6, 6.07) is 19.5. The third-order valence-electron chi connectivity index (χ3n) is 6.82. The van der Waals surface area contributed by atoms with Gasteiger partial charge >= 0.3 is 0 Å². The molecule has 7 heteroatoms. The van der Waals surface area contributed by atoms with Crippen molar-refractivity contribution in [3.8, 4) is 5.75 Å². The van der Waals surface area contributed by atoms with Crippen LogP contribution in [0.4, 0.5) is 5.69 Å². The third kappa shape index (κ3) is 3.90. The molecule has 2 amide bonds. The molecule has 2 aromatic heterocycles. The van der Waals surface area contributed by atoms with Crippen LogP contribution in [0.5, 0.6) is 5.75 Å². The molecule has 1 N–H and O–H groups in total. The summed E-state index contributed by atoms with van der Waals surface area (Å²) in [5, 5.41) is 6.11. The maximum Gasteiger partial charge on any atom is 0.275 e. The molecule has 1 aliphatic rings. The lowest BCUT2D eigenvalue weighted by molar-refractivity contribution is -0.126. The second-order valence-corrected chi connectivity index (χ2v) is 10.3. The van der Waals surface area contributed by atoms with Crippen LogP contribution in [0.2, 0.25) is 0 Å². The van der Waals surface area contributed by atoms with E-state index in [0.717, 1.165) is 15.8 Å². The second-order valence-electron chi connectivity index (χ2n) is 9.45. The molecule has 0 radical (unpaired) electrons. The number of carbonyl (C=O) groups is 2. The molecule has 4 aromatic rings. The highest BCUT2D eigenvalue weighted by atomic mass is 32.1. The SMILES string of the molecule is COc1ccccc1CNC(=O)[C@]1(C)Cn2c(cc3ccsc32)C(=O)N1c1ccc(C(C)C)cc1. The second kappa shape index (κ2) is 8.89. The molecular formula is C28H29N3O3S. The van der Waals surface area contributed by atoms with Gasteiger partial charge in [-0.25, -0.2) is 0 Å². The Bertz CT molecular complexity index is 1400. The third-order valence-corrected chi connectivity index (χ3v) is 7.77. The molecule has 180 valence electrons. The standard InChI is InChI=1S/C28H29N3O3S/c1-18(2)19-9-11-22(12-10-19)31-25(32)23-15-20-13-14-35-26(20)30(23)17-28(31,3)27(33)29-16-21-7-5-6-8-24(21)34-4/h5-15,18H,16-17H2,1-4H3,(H,29,33)/t28-/m0/s1. The van der Waals surface area contributed by atoms with Gasteiger partial charge in [0.05, 0.1) is 13.7 Å². The van der Waals surface area contributed by atoms with Crippen LogP contribution >= 0.6 is 11.3 Å². The highest BCUT2D eigenvalue weighted by molar-refractivity contribution is 7.16. The van der Waals surface area contributed by atoms with Gasteiger partial charge in [0, 0.05) is 23.2 Å².